The van der Waals surface area contributed by atoms with Gasteiger partial charge in [0.1, 0.15) is 0 Å². The Labute approximate surface area is 124 Å². The van der Waals surface area contributed by atoms with Gasteiger partial charge in [-0.15, -0.1) is 0 Å². The molecule has 0 unspecified atom stereocenters. The molecule has 0 amide bonds. The molecule has 0 saturated carbocycles. The first kappa shape index (κ1) is 12.2. The van der Waals surface area contributed by atoms with E-state index in [2.05, 4.69) is 77.1 Å². The maximum atomic E-state index is 4.67. The summed E-state index contributed by atoms with van der Waals surface area (Å²) in [6.45, 7) is 0.892. The maximum Gasteiger partial charge on any atom is 0.0967 e. The van der Waals surface area contributed by atoms with E-state index in [-0.39, 0.29) is 0 Å². The fraction of sp³-hybridized carbons (Fsp3) is 0.167. The molecule has 0 N–H and O–H groups in total. The number of hydrogen-bond acceptors (Lipinski definition) is 2. The third kappa shape index (κ3) is 1.77. The Balaban J connectivity index is 2.11. The van der Waals surface area contributed by atoms with Crippen LogP contribution in [-0.2, 0) is 13.6 Å². The zero-order valence-corrected chi connectivity index (χ0v) is 12.2. The molecule has 3 heteroatoms. The van der Waals surface area contributed by atoms with Gasteiger partial charge >= 0.3 is 0 Å². The Morgan fingerprint density at radius 3 is 2.48 bits per heavy atom. The van der Waals surface area contributed by atoms with Crippen LogP contribution >= 0.6 is 0 Å². The van der Waals surface area contributed by atoms with Gasteiger partial charge in [-0.1, -0.05) is 42.5 Å². The van der Waals surface area contributed by atoms with Crippen molar-refractivity contribution >= 4 is 5.69 Å². The highest BCUT2D eigenvalue weighted by molar-refractivity contribution is 5.88. The second kappa shape index (κ2) is 4.48. The average molecular weight is 275 g/mol. The lowest BCUT2D eigenvalue weighted by Crippen LogP contribution is -2.19. The highest BCUT2D eigenvalue weighted by atomic mass is 15.1. The predicted molar refractivity (Wildman–Crippen MR) is 86.2 cm³/mol. The van der Waals surface area contributed by atoms with Crippen LogP contribution < -0.4 is 4.90 Å². The van der Waals surface area contributed by atoms with Crippen molar-refractivity contribution < 1.29 is 0 Å². The topological polar surface area (TPSA) is 21.1 Å². The number of rotatable bonds is 0. The van der Waals surface area contributed by atoms with E-state index in [1.165, 1.54) is 28.1 Å². The minimum atomic E-state index is 0.892. The van der Waals surface area contributed by atoms with E-state index in [9.17, 15) is 0 Å². The normalized spacial score (nSPS) is 13.0. The molecule has 0 radical (unpaired) electrons. The van der Waals surface area contributed by atoms with E-state index in [4.69, 9.17) is 0 Å². The quantitative estimate of drug-likeness (QED) is 0.623. The van der Waals surface area contributed by atoms with E-state index in [0.717, 1.165) is 12.2 Å². The number of benzene rings is 2. The van der Waals surface area contributed by atoms with Crippen LogP contribution in [0.15, 0.2) is 54.9 Å². The second-order valence-electron chi connectivity index (χ2n) is 5.58. The Hall–Kier alpha value is -2.55. The van der Waals surface area contributed by atoms with Gasteiger partial charge in [0, 0.05) is 37.5 Å². The average Bonchev–Trinajstić information content (AvgIpc) is 2.87. The Morgan fingerprint density at radius 1 is 0.905 bits per heavy atom. The third-order valence-electron chi connectivity index (χ3n) is 4.19. The first-order valence-corrected chi connectivity index (χ1v) is 7.16. The molecule has 0 aliphatic carbocycles. The van der Waals surface area contributed by atoms with Crippen LogP contribution in [0.5, 0.6) is 0 Å². The van der Waals surface area contributed by atoms with Crippen molar-refractivity contribution in [3.05, 3.63) is 60.4 Å². The first-order valence-electron chi connectivity index (χ1n) is 7.16. The Kier molecular flexibility index (Phi) is 2.61. The molecule has 21 heavy (non-hydrogen) atoms. The maximum absolute atomic E-state index is 4.67. The van der Waals surface area contributed by atoms with Gasteiger partial charge in [0.2, 0.25) is 0 Å². The SMILES string of the molecule is CN1Cc2ccccc2-c2ncn(C)c2-c2ccccc21. The molecule has 0 fully saturated rings. The molecule has 104 valence electrons. The summed E-state index contributed by atoms with van der Waals surface area (Å²) in [5.74, 6) is 0. The molecule has 0 bridgehead atoms. The summed E-state index contributed by atoms with van der Waals surface area (Å²) in [5.41, 5.74) is 7.29. The molecular weight excluding hydrogens is 258 g/mol. The summed E-state index contributed by atoms with van der Waals surface area (Å²) in [7, 11) is 4.21. The fourth-order valence-electron chi connectivity index (χ4n) is 3.18. The van der Waals surface area contributed by atoms with E-state index in [1.54, 1.807) is 0 Å². The zero-order chi connectivity index (χ0) is 14.4. The fourth-order valence-corrected chi connectivity index (χ4v) is 3.18. The van der Waals surface area contributed by atoms with E-state index >= 15 is 0 Å². The largest absolute Gasteiger partial charge is 0.370 e. The molecule has 4 rings (SSSR count). The van der Waals surface area contributed by atoms with Crippen LogP contribution in [0.1, 0.15) is 5.56 Å². The van der Waals surface area contributed by atoms with Crippen molar-refractivity contribution in [1.82, 2.24) is 9.55 Å². The van der Waals surface area contributed by atoms with Crippen LogP contribution in [0, 0.1) is 0 Å². The molecule has 0 saturated heterocycles. The number of aryl methyl sites for hydroxylation is 1. The number of aromatic nitrogens is 2. The van der Waals surface area contributed by atoms with Gasteiger partial charge in [0.15, 0.2) is 0 Å². The van der Waals surface area contributed by atoms with Gasteiger partial charge in [-0.2, -0.15) is 0 Å². The lowest BCUT2D eigenvalue weighted by atomic mass is 9.96. The van der Waals surface area contributed by atoms with Crippen LogP contribution in [0.3, 0.4) is 0 Å². The number of imidazole rings is 1. The van der Waals surface area contributed by atoms with Gasteiger partial charge in [-0.05, 0) is 11.6 Å². The van der Waals surface area contributed by atoms with Gasteiger partial charge in [0.05, 0.1) is 17.7 Å². The van der Waals surface area contributed by atoms with E-state index in [1.807, 2.05) is 6.33 Å². The van der Waals surface area contributed by atoms with Crippen molar-refractivity contribution in [2.75, 3.05) is 11.9 Å². The predicted octanol–water partition coefficient (Wildman–Crippen LogP) is 3.70. The van der Waals surface area contributed by atoms with Crippen LogP contribution in [0.4, 0.5) is 5.69 Å². The standard InChI is InChI=1S/C18H17N3/c1-20-11-13-7-3-4-8-14(13)17-18(21(2)12-19-17)15-9-5-6-10-16(15)20/h3-10,12H,11H2,1-2H3. The third-order valence-corrected chi connectivity index (χ3v) is 4.19. The van der Waals surface area contributed by atoms with Crippen molar-refractivity contribution in [2.45, 2.75) is 6.54 Å². The Morgan fingerprint density at radius 2 is 1.62 bits per heavy atom. The zero-order valence-electron chi connectivity index (χ0n) is 12.2. The van der Waals surface area contributed by atoms with E-state index < -0.39 is 0 Å². The van der Waals surface area contributed by atoms with Crippen molar-refractivity contribution in [1.29, 1.82) is 0 Å². The minimum absolute atomic E-state index is 0.892. The first-order chi connectivity index (χ1) is 10.3. The minimum Gasteiger partial charge on any atom is -0.370 e. The Bertz CT molecular complexity index is 817. The van der Waals surface area contributed by atoms with Gasteiger partial charge in [0.25, 0.3) is 0 Å². The number of para-hydroxylation sites is 1. The lowest BCUT2D eigenvalue weighted by Gasteiger charge is -2.26. The van der Waals surface area contributed by atoms with Crippen molar-refractivity contribution in [3.63, 3.8) is 0 Å². The number of fused-ring (bicyclic) bond motifs is 5. The smallest absolute Gasteiger partial charge is 0.0967 e. The number of anilines is 1. The number of nitrogens with zero attached hydrogens (tertiary/aromatic N) is 3. The van der Waals surface area contributed by atoms with Crippen LogP contribution in [0.25, 0.3) is 22.5 Å². The molecule has 3 aromatic rings. The summed E-state index contributed by atoms with van der Waals surface area (Å²) in [6.07, 6.45) is 1.91. The summed E-state index contributed by atoms with van der Waals surface area (Å²) in [4.78, 5) is 6.98. The molecule has 2 aromatic carbocycles. The highest BCUT2D eigenvalue weighted by Crippen LogP contribution is 2.40. The summed E-state index contributed by atoms with van der Waals surface area (Å²) in [6, 6.07) is 17.1. The lowest BCUT2D eigenvalue weighted by molar-refractivity contribution is 0.904. The molecule has 3 nitrogen and oxygen atoms in total. The van der Waals surface area contributed by atoms with Crippen molar-refractivity contribution in [2.24, 2.45) is 7.05 Å². The van der Waals surface area contributed by atoms with Crippen LogP contribution in [-0.4, -0.2) is 16.6 Å². The molecule has 1 aromatic heterocycles. The van der Waals surface area contributed by atoms with Gasteiger partial charge < -0.3 is 9.47 Å². The van der Waals surface area contributed by atoms with Crippen molar-refractivity contribution in [3.8, 4) is 22.5 Å². The number of hydrogen-bond donors (Lipinski definition) is 0. The van der Waals surface area contributed by atoms with Gasteiger partial charge in [-0.25, -0.2) is 4.98 Å². The monoisotopic (exact) mass is 275 g/mol. The molecule has 0 spiro atoms. The molecule has 1 aliphatic rings. The molecule has 1 aliphatic heterocycles. The van der Waals surface area contributed by atoms with Crippen LogP contribution in [0.2, 0.25) is 0 Å². The highest BCUT2D eigenvalue weighted by Gasteiger charge is 2.22. The summed E-state index contributed by atoms with van der Waals surface area (Å²) >= 11 is 0. The second-order valence-corrected chi connectivity index (χ2v) is 5.58. The summed E-state index contributed by atoms with van der Waals surface area (Å²) < 4.78 is 2.12. The molecule has 0 atom stereocenters. The molecular formula is C18H17N3. The summed E-state index contributed by atoms with van der Waals surface area (Å²) in [5, 5.41) is 0. The van der Waals surface area contributed by atoms with Gasteiger partial charge in [-0.3, -0.25) is 0 Å². The molecule has 2 heterocycles. The van der Waals surface area contributed by atoms with E-state index in [0.29, 0.717) is 0 Å².